The summed E-state index contributed by atoms with van der Waals surface area (Å²) in [5, 5.41) is 2.67. The van der Waals surface area contributed by atoms with E-state index in [0.29, 0.717) is 18.8 Å². The van der Waals surface area contributed by atoms with Crippen molar-refractivity contribution in [3.63, 3.8) is 0 Å². The number of nitrogens with one attached hydrogen (secondary N) is 1. The second-order valence-corrected chi connectivity index (χ2v) is 6.28. The Morgan fingerprint density at radius 3 is 2.10 bits per heavy atom. The normalized spacial score (nSPS) is 15.2. The van der Waals surface area contributed by atoms with Crippen LogP contribution < -0.4 is 5.32 Å². The molecule has 0 saturated carbocycles. The SMILES string of the molecule is CC(C)(C)c1ccc(NC(=O)C(=O)N2CCCC2)cc1. The summed E-state index contributed by atoms with van der Waals surface area (Å²) in [4.78, 5) is 25.4. The fourth-order valence-electron chi connectivity index (χ4n) is 2.30. The summed E-state index contributed by atoms with van der Waals surface area (Å²) in [6, 6.07) is 7.65. The zero-order valence-corrected chi connectivity index (χ0v) is 12.4. The molecule has 2 rings (SSSR count). The Morgan fingerprint density at radius 2 is 1.60 bits per heavy atom. The third-order valence-corrected chi connectivity index (χ3v) is 3.60. The molecule has 1 N–H and O–H groups in total. The predicted molar refractivity (Wildman–Crippen MR) is 79.6 cm³/mol. The zero-order chi connectivity index (χ0) is 14.8. The van der Waals surface area contributed by atoms with Crippen LogP contribution in [0.25, 0.3) is 0 Å². The number of hydrogen-bond donors (Lipinski definition) is 1. The lowest BCUT2D eigenvalue weighted by Crippen LogP contribution is -2.37. The van der Waals surface area contributed by atoms with Crippen molar-refractivity contribution in [3.05, 3.63) is 29.8 Å². The van der Waals surface area contributed by atoms with Gasteiger partial charge in [-0.05, 0) is 36.0 Å². The van der Waals surface area contributed by atoms with Crippen LogP contribution in [0.2, 0.25) is 0 Å². The van der Waals surface area contributed by atoms with Crippen LogP contribution in [0.3, 0.4) is 0 Å². The van der Waals surface area contributed by atoms with Gasteiger partial charge < -0.3 is 10.2 Å². The fraction of sp³-hybridized carbons (Fsp3) is 0.500. The van der Waals surface area contributed by atoms with E-state index in [9.17, 15) is 9.59 Å². The van der Waals surface area contributed by atoms with E-state index in [1.54, 1.807) is 4.90 Å². The summed E-state index contributed by atoms with van der Waals surface area (Å²) in [6.07, 6.45) is 1.97. The van der Waals surface area contributed by atoms with Crippen molar-refractivity contribution >= 4 is 17.5 Å². The molecule has 108 valence electrons. The number of rotatable bonds is 1. The van der Waals surface area contributed by atoms with Crippen LogP contribution in [0.5, 0.6) is 0 Å². The first-order chi connectivity index (χ1) is 9.38. The van der Waals surface area contributed by atoms with E-state index in [4.69, 9.17) is 0 Å². The van der Waals surface area contributed by atoms with Gasteiger partial charge in [0.05, 0.1) is 0 Å². The first-order valence-electron chi connectivity index (χ1n) is 7.09. The Balaban J connectivity index is 1.99. The number of nitrogens with zero attached hydrogens (tertiary/aromatic N) is 1. The summed E-state index contributed by atoms with van der Waals surface area (Å²) in [6.45, 7) is 7.79. The Kier molecular flexibility index (Phi) is 4.12. The van der Waals surface area contributed by atoms with E-state index >= 15 is 0 Å². The second kappa shape index (κ2) is 5.65. The van der Waals surface area contributed by atoms with Gasteiger partial charge in [0.25, 0.3) is 0 Å². The summed E-state index contributed by atoms with van der Waals surface area (Å²) >= 11 is 0. The Morgan fingerprint density at radius 1 is 1.05 bits per heavy atom. The number of likely N-dealkylation sites (tertiary alicyclic amines) is 1. The smallest absolute Gasteiger partial charge is 0.313 e. The molecule has 0 unspecified atom stereocenters. The van der Waals surface area contributed by atoms with Crippen LogP contribution in [-0.4, -0.2) is 29.8 Å². The highest BCUT2D eigenvalue weighted by Crippen LogP contribution is 2.23. The molecule has 0 atom stereocenters. The molecule has 0 radical (unpaired) electrons. The Hall–Kier alpha value is -1.84. The summed E-state index contributed by atoms with van der Waals surface area (Å²) in [5.74, 6) is -0.974. The number of benzene rings is 1. The monoisotopic (exact) mass is 274 g/mol. The predicted octanol–water partition coefficient (Wildman–Crippen LogP) is 2.55. The lowest BCUT2D eigenvalue weighted by Gasteiger charge is -2.19. The van der Waals surface area contributed by atoms with E-state index in [2.05, 4.69) is 26.1 Å². The number of hydrogen-bond acceptors (Lipinski definition) is 2. The highest BCUT2D eigenvalue weighted by atomic mass is 16.2. The zero-order valence-electron chi connectivity index (χ0n) is 12.4. The number of amides is 2. The molecule has 1 aromatic rings. The second-order valence-electron chi connectivity index (χ2n) is 6.28. The minimum Gasteiger partial charge on any atom is -0.334 e. The average Bonchev–Trinajstić information content (AvgIpc) is 2.91. The molecular formula is C16H22N2O2. The molecule has 1 aromatic carbocycles. The standard InChI is InChI=1S/C16H22N2O2/c1-16(2,3)12-6-8-13(9-7-12)17-14(19)15(20)18-10-4-5-11-18/h6-9H,4-5,10-11H2,1-3H3,(H,17,19). The van der Waals surface area contributed by atoms with Gasteiger partial charge in [0.1, 0.15) is 0 Å². The summed E-state index contributed by atoms with van der Waals surface area (Å²) in [7, 11) is 0. The number of anilines is 1. The Bertz CT molecular complexity index is 494. The van der Waals surface area contributed by atoms with Gasteiger partial charge in [-0.25, -0.2) is 0 Å². The van der Waals surface area contributed by atoms with E-state index in [0.717, 1.165) is 12.8 Å². The average molecular weight is 274 g/mol. The molecule has 2 amide bonds. The van der Waals surface area contributed by atoms with Crippen LogP contribution in [0.1, 0.15) is 39.2 Å². The third kappa shape index (κ3) is 3.38. The molecule has 0 aromatic heterocycles. The van der Waals surface area contributed by atoms with Crippen LogP contribution in [-0.2, 0) is 15.0 Å². The van der Waals surface area contributed by atoms with Gasteiger partial charge in [-0.3, -0.25) is 9.59 Å². The highest BCUT2D eigenvalue weighted by Gasteiger charge is 2.24. The van der Waals surface area contributed by atoms with Crippen LogP contribution in [0, 0.1) is 0 Å². The van der Waals surface area contributed by atoms with Crippen molar-refractivity contribution in [3.8, 4) is 0 Å². The molecule has 1 aliphatic rings. The topological polar surface area (TPSA) is 49.4 Å². The van der Waals surface area contributed by atoms with E-state index in [1.165, 1.54) is 5.56 Å². The minimum atomic E-state index is -0.546. The van der Waals surface area contributed by atoms with Crippen LogP contribution in [0.4, 0.5) is 5.69 Å². The van der Waals surface area contributed by atoms with Gasteiger partial charge in [-0.1, -0.05) is 32.9 Å². The van der Waals surface area contributed by atoms with Crippen molar-refractivity contribution in [1.29, 1.82) is 0 Å². The molecule has 1 heterocycles. The molecule has 1 fully saturated rings. The van der Waals surface area contributed by atoms with Gasteiger partial charge in [-0.15, -0.1) is 0 Å². The van der Waals surface area contributed by atoms with E-state index < -0.39 is 11.8 Å². The molecule has 20 heavy (non-hydrogen) atoms. The van der Waals surface area contributed by atoms with Crippen molar-refractivity contribution in [2.75, 3.05) is 18.4 Å². The summed E-state index contributed by atoms with van der Waals surface area (Å²) < 4.78 is 0. The van der Waals surface area contributed by atoms with Crippen molar-refractivity contribution in [2.24, 2.45) is 0 Å². The fourth-order valence-corrected chi connectivity index (χ4v) is 2.30. The molecule has 1 saturated heterocycles. The van der Waals surface area contributed by atoms with Gasteiger partial charge in [0, 0.05) is 18.8 Å². The molecule has 0 spiro atoms. The van der Waals surface area contributed by atoms with E-state index in [-0.39, 0.29) is 5.41 Å². The van der Waals surface area contributed by atoms with E-state index in [1.807, 2.05) is 24.3 Å². The lowest BCUT2D eigenvalue weighted by atomic mass is 9.87. The van der Waals surface area contributed by atoms with Crippen molar-refractivity contribution in [2.45, 2.75) is 39.0 Å². The first-order valence-corrected chi connectivity index (χ1v) is 7.09. The molecule has 4 nitrogen and oxygen atoms in total. The van der Waals surface area contributed by atoms with Crippen LogP contribution >= 0.6 is 0 Å². The summed E-state index contributed by atoms with van der Waals surface area (Å²) in [5.41, 5.74) is 1.94. The highest BCUT2D eigenvalue weighted by molar-refractivity contribution is 6.39. The van der Waals surface area contributed by atoms with Crippen LogP contribution in [0.15, 0.2) is 24.3 Å². The molecule has 0 aliphatic carbocycles. The maximum atomic E-state index is 11.9. The molecule has 1 aliphatic heterocycles. The largest absolute Gasteiger partial charge is 0.334 e. The van der Waals surface area contributed by atoms with Gasteiger partial charge in [0.15, 0.2) is 0 Å². The van der Waals surface area contributed by atoms with Gasteiger partial charge >= 0.3 is 11.8 Å². The maximum absolute atomic E-state index is 11.9. The first kappa shape index (κ1) is 14.6. The number of carbonyl (C=O) groups is 2. The minimum absolute atomic E-state index is 0.0773. The van der Waals surface area contributed by atoms with Gasteiger partial charge in [0.2, 0.25) is 0 Å². The van der Waals surface area contributed by atoms with Gasteiger partial charge in [-0.2, -0.15) is 0 Å². The third-order valence-electron chi connectivity index (χ3n) is 3.60. The number of carbonyl (C=O) groups excluding carboxylic acids is 2. The van der Waals surface area contributed by atoms with Crippen molar-refractivity contribution < 1.29 is 9.59 Å². The molecule has 4 heteroatoms. The molecular weight excluding hydrogens is 252 g/mol. The maximum Gasteiger partial charge on any atom is 0.313 e. The van der Waals surface area contributed by atoms with Crippen molar-refractivity contribution in [1.82, 2.24) is 4.90 Å². The Labute approximate surface area is 120 Å². The molecule has 0 bridgehead atoms. The lowest BCUT2D eigenvalue weighted by molar-refractivity contribution is -0.142. The quantitative estimate of drug-likeness (QED) is 0.800.